The van der Waals surface area contributed by atoms with Crippen LogP contribution in [0.2, 0.25) is 0 Å². The molecule has 0 radical (unpaired) electrons. The Labute approximate surface area is 92.8 Å². The van der Waals surface area contributed by atoms with E-state index in [0.29, 0.717) is 25.6 Å². The van der Waals surface area contributed by atoms with E-state index in [1.165, 1.54) is 0 Å². The van der Waals surface area contributed by atoms with Crippen LogP contribution in [0, 0.1) is 0 Å². The quantitative estimate of drug-likeness (QED) is 0.634. The van der Waals surface area contributed by atoms with Crippen LogP contribution in [0.4, 0.5) is 0 Å². The molecule has 0 aromatic heterocycles. The van der Waals surface area contributed by atoms with E-state index in [2.05, 4.69) is 24.5 Å². The van der Waals surface area contributed by atoms with Gasteiger partial charge in [0.05, 0.1) is 6.10 Å². The van der Waals surface area contributed by atoms with Crippen molar-refractivity contribution in [3.8, 4) is 0 Å². The summed E-state index contributed by atoms with van der Waals surface area (Å²) in [5.41, 5.74) is 0. The van der Waals surface area contributed by atoms with Gasteiger partial charge in [-0.15, -0.1) is 0 Å². The highest BCUT2D eigenvalue weighted by Gasteiger charge is 2.04. The Morgan fingerprint density at radius 3 is 2.53 bits per heavy atom. The molecular formula is C11H24N2O2. The third-order valence-corrected chi connectivity index (χ3v) is 1.94. The summed E-state index contributed by atoms with van der Waals surface area (Å²) in [5, 5.41) is 6.03. The van der Waals surface area contributed by atoms with E-state index in [1.54, 1.807) is 0 Å². The first-order valence-electron chi connectivity index (χ1n) is 5.68. The van der Waals surface area contributed by atoms with Crippen LogP contribution in [0.5, 0.6) is 0 Å². The van der Waals surface area contributed by atoms with Crippen LogP contribution in [-0.2, 0) is 9.53 Å². The van der Waals surface area contributed by atoms with Gasteiger partial charge in [-0.25, -0.2) is 0 Å². The molecule has 90 valence electrons. The SMILES string of the molecule is CCOC(C)CNC(=O)CCNC(C)C. The first-order valence-corrected chi connectivity index (χ1v) is 5.68. The van der Waals surface area contributed by atoms with E-state index in [-0.39, 0.29) is 12.0 Å². The van der Waals surface area contributed by atoms with Crippen molar-refractivity contribution < 1.29 is 9.53 Å². The van der Waals surface area contributed by atoms with Crippen molar-refractivity contribution in [3.05, 3.63) is 0 Å². The summed E-state index contributed by atoms with van der Waals surface area (Å²) in [5.74, 6) is 0.0784. The standard InChI is InChI=1S/C11H24N2O2/c1-5-15-10(4)8-13-11(14)6-7-12-9(2)3/h9-10,12H,5-8H2,1-4H3,(H,13,14). The number of carbonyl (C=O) groups is 1. The molecule has 0 spiro atoms. The maximum Gasteiger partial charge on any atom is 0.221 e. The van der Waals surface area contributed by atoms with Crippen LogP contribution in [0.1, 0.15) is 34.1 Å². The van der Waals surface area contributed by atoms with Crippen molar-refractivity contribution in [1.82, 2.24) is 10.6 Å². The van der Waals surface area contributed by atoms with Crippen LogP contribution >= 0.6 is 0 Å². The molecule has 2 N–H and O–H groups in total. The highest BCUT2D eigenvalue weighted by molar-refractivity contribution is 5.76. The predicted molar refractivity (Wildman–Crippen MR) is 61.9 cm³/mol. The number of hydrogen-bond donors (Lipinski definition) is 2. The second kappa shape index (κ2) is 8.68. The number of carbonyl (C=O) groups excluding carboxylic acids is 1. The molecule has 0 saturated carbocycles. The normalized spacial score (nSPS) is 12.9. The van der Waals surface area contributed by atoms with Crippen molar-refractivity contribution in [2.45, 2.75) is 46.3 Å². The Bertz CT molecular complexity index is 172. The van der Waals surface area contributed by atoms with Gasteiger partial charge in [0.1, 0.15) is 0 Å². The molecule has 4 heteroatoms. The maximum atomic E-state index is 11.3. The zero-order valence-electron chi connectivity index (χ0n) is 10.3. The average Bonchev–Trinajstić information content (AvgIpc) is 2.14. The molecule has 0 heterocycles. The number of amides is 1. The van der Waals surface area contributed by atoms with Gasteiger partial charge in [-0.2, -0.15) is 0 Å². The third-order valence-electron chi connectivity index (χ3n) is 1.94. The minimum Gasteiger partial charge on any atom is -0.377 e. The maximum absolute atomic E-state index is 11.3. The molecule has 1 amide bonds. The Balaban J connectivity index is 3.40. The Morgan fingerprint density at radius 1 is 1.33 bits per heavy atom. The van der Waals surface area contributed by atoms with Crippen LogP contribution < -0.4 is 10.6 Å². The van der Waals surface area contributed by atoms with Crippen LogP contribution in [0.25, 0.3) is 0 Å². The van der Waals surface area contributed by atoms with E-state index in [4.69, 9.17) is 4.74 Å². The van der Waals surface area contributed by atoms with Crippen LogP contribution in [-0.4, -0.2) is 37.7 Å². The molecule has 0 fully saturated rings. The summed E-state index contributed by atoms with van der Waals surface area (Å²) in [6, 6.07) is 0.431. The molecule has 0 aromatic carbocycles. The predicted octanol–water partition coefficient (Wildman–Crippen LogP) is 0.916. The number of nitrogens with one attached hydrogen (secondary N) is 2. The molecule has 0 bridgehead atoms. The Morgan fingerprint density at radius 2 is 2.00 bits per heavy atom. The largest absolute Gasteiger partial charge is 0.377 e. The second-order valence-electron chi connectivity index (χ2n) is 3.93. The van der Waals surface area contributed by atoms with Crippen molar-refractivity contribution in [3.63, 3.8) is 0 Å². The second-order valence-corrected chi connectivity index (χ2v) is 3.93. The fraction of sp³-hybridized carbons (Fsp3) is 0.909. The lowest BCUT2D eigenvalue weighted by Crippen LogP contribution is -2.34. The lowest BCUT2D eigenvalue weighted by atomic mass is 10.3. The summed E-state index contributed by atoms with van der Waals surface area (Å²) in [7, 11) is 0. The summed E-state index contributed by atoms with van der Waals surface area (Å²) in [6.45, 7) is 10.0. The third kappa shape index (κ3) is 9.69. The smallest absolute Gasteiger partial charge is 0.221 e. The molecule has 1 unspecified atom stereocenters. The lowest BCUT2D eigenvalue weighted by Gasteiger charge is -2.13. The Hall–Kier alpha value is -0.610. The molecular weight excluding hydrogens is 192 g/mol. The van der Waals surface area contributed by atoms with Crippen LogP contribution in [0.3, 0.4) is 0 Å². The van der Waals surface area contributed by atoms with Crippen molar-refractivity contribution in [2.24, 2.45) is 0 Å². The van der Waals surface area contributed by atoms with Gasteiger partial charge in [-0.05, 0) is 13.8 Å². The summed E-state index contributed by atoms with van der Waals surface area (Å²) in [4.78, 5) is 11.3. The van der Waals surface area contributed by atoms with Gasteiger partial charge in [0.15, 0.2) is 0 Å². The van der Waals surface area contributed by atoms with Crippen molar-refractivity contribution in [2.75, 3.05) is 19.7 Å². The van der Waals surface area contributed by atoms with Gasteiger partial charge in [-0.3, -0.25) is 4.79 Å². The number of rotatable bonds is 8. The topological polar surface area (TPSA) is 50.4 Å². The zero-order chi connectivity index (χ0) is 11.7. The molecule has 0 aliphatic rings. The molecule has 0 aromatic rings. The molecule has 1 atom stereocenters. The van der Waals surface area contributed by atoms with Gasteiger partial charge in [0.25, 0.3) is 0 Å². The van der Waals surface area contributed by atoms with Crippen molar-refractivity contribution in [1.29, 1.82) is 0 Å². The van der Waals surface area contributed by atoms with Gasteiger partial charge in [-0.1, -0.05) is 13.8 Å². The van der Waals surface area contributed by atoms with Crippen molar-refractivity contribution >= 4 is 5.91 Å². The highest BCUT2D eigenvalue weighted by atomic mass is 16.5. The molecule has 0 aliphatic heterocycles. The van der Waals surface area contributed by atoms with Crippen LogP contribution in [0.15, 0.2) is 0 Å². The lowest BCUT2D eigenvalue weighted by molar-refractivity contribution is -0.121. The summed E-state index contributed by atoms with van der Waals surface area (Å²) in [6.07, 6.45) is 0.619. The number of hydrogen-bond acceptors (Lipinski definition) is 3. The van der Waals surface area contributed by atoms with E-state index < -0.39 is 0 Å². The average molecular weight is 216 g/mol. The first kappa shape index (κ1) is 14.4. The van der Waals surface area contributed by atoms with E-state index >= 15 is 0 Å². The monoisotopic (exact) mass is 216 g/mol. The van der Waals surface area contributed by atoms with Gasteiger partial charge in [0, 0.05) is 32.2 Å². The Kier molecular flexibility index (Phi) is 8.33. The minimum absolute atomic E-state index is 0.0784. The zero-order valence-corrected chi connectivity index (χ0v) is 10.3. The first-order chi connectivity index (χ1) is 7.06. The summed E-state index contributed by atoms with van der Waals surface area (Å²) >= 11 is 0. The fourth-order valence-electron chi connectivity index (χ4n) is 1.16. The highest BCUT2D eigenvalue weighted by Crippen LogP contribution is 1.88. The molecule has 0 rings (SSSR count). The molecule has 0 saturated heterocycles. The van der Waals surface area contributed by atoms with Gasteiger partial charge < -0.3 is 15.4 Å². The molecule has 0 aliphatic carbocycles. The van der Waals surface area contributed by atoms with Gasteiger partial charge in [0.2, 0.25) is 5.91 Å². The van der Waals surface area contributed by atoms with E-state index in [9.17, 15) is 4.79 Å². The summed E-state index contributed by atoms with van der Waals surface area (Å²) < 4.78 is 5.30. The number of ether oxygens (including phenoxy) is 1. The van der Waals surface area contributed by atoms with E-state index in [0.717, 1.165) is 6.54 Å². The molecule has 15 heavy (non-hydrogen) atoms. The minimum atomic E-state index is 0.0784. The van der Waals surface area contributed by atoms with E-state index in [1.807, 2.05) is 13.8 Å². The molecule has 4 nitrogen and oxygen atoms in total. The fourth-order valence-corrected chi connectivity index (χ4v) is 1.16. The van der Waals surface area contributed by atoms with Gasteiger partial charge >= 0.3 is 0 Å².